The first kappa shape index (κ1) is 38.5. The third kappa shape index (κ3) is 4.02. The molecule has 8 aliphatic carbocycles. The predicted octanol–water partition coefficient (Wildman–Crippen LogP) is 13.4. The fourth-order valence-corrected chi connectivity index (χ4v) is 19.7. The van der Waals surface area contributed by atoms with Crippen LogP contribution in [0.5, 0.6) is 0 Å². The van der Waals surface area contributed by atoms with Crippen molar-refractivity contribution in [2.75, 3.05) is 0 Å². The second kappa shape index (κ2) is 11.8. The molecule has 0 saturated heterocycles. The fourth-order valence-electron chi connectivity index (χ4n) is 19.7. The highest BCUT2D eigenvalue weighted by atomic mass is 16.6. The maximum atomic E-state index is 14.8. The lowest BCUT2D eigenvalue weighted by molar-refractivity contribution is -0.262. The monoisotopic (exact) mass is 847 g/mol. The average molecular weight is 848 g/mol. The number of ether oxygens (including phenoxy) is 1. The molecule has 3 heteroatoms. The summed E-state index contributed by atoms with van der Waals surface area (Å²) in [7, 11) is 0. The van der Waals surface area contributed by atoms with Gasteiger partial charge in [-0.3, -0.25) is 4.79 Å². The number of carbonyl (C=O) groups is 1. The summed E-state index contributed by atoms with van der Waals surface area (Å²) >= 11 is 0. The number of rotatable bonds is 8. The predicted molar refractivity (Wildman–Crippen MR) is 255 cm³/mol. The molecule has 0 N–H and O–H groups in total. The molecule has 3 nitrogen and oxygen atoms in total. The van der Waals surface area contributed by atoms with Crippen molar-refractivity contribution < 1.29 is 9.53 Å². The topological polar surface area (TPSA) is 50.1 Å². The standard InChI is InChI=1S/C62H57NO2/c1-52(2,3)65-51(64)54-34-57(46-20-10-5-11-21-46)40-60(48-24-14-7-15-25-48)41-58(35-54,62(57,60)37-54)49-29-27-43(28-30-49)44-17-16-26-50(31-44)53-32-55(42-63)38-59(47-22-12-6-13-23-47)39-56(33-53,61(55,59)36-53)45-18-8-4-9-19-45/h4-31H,32-41H2,1-3H3. The van der Waals surface area contributed by atoms with Gasteiger partial charge in [0, 0.05) is 37.9 Å². The minimum absolute atomic E-state index is 0.00102. The van der Waals surface area contributed by atoms with E-state index in [1.54, 1.807) is 0 Å². The molecule has 8 fully saturated rings. The van der Waals surface area contributed by atoms with Crippen molar-refractivity contribution >= 4 is 5.97 Å². The normalized spacial score (nSPS) is 40.3. The zero-order valence-corrected chi connectivity index (χ0v) is 38.0. The van der Waals surface area contributed by atoms with Crippen LogP contribution in [-0.2, 0) is 42.0 Å². The van der Waals surface area contributed by atoms with Gasteiger partial charge in [-0.25, -0.2) is 0 Å². The highest BCUT2D eigenvalue weighted by molar-refractivity contribution is 5.83. The van der Waals surface area contributed by atoms with E-state index >= 15 is 0 Å². The summed E-state index contributed by atoms with van der Waals surface area (Å²) < 4.78 is 6.42. The van der Waals surface area contributed by atoms with Crippen LogP contribution in [0.1, 0.15) is 118 Å². The van der Waals surface area contributed by atoms with E-state index < -0.39 is 11.0 Å². The molecule has 4 bridgehead atoms. The van der Waals surface area contributed by atoms with E-state index in [0.29, 0.717) is 0 Å². The first-order valence-electron chi connectivity index (χ1n) is 24.4. The summed E-state index contributed by atoms with van der Waals surface area (Å²) in [4.78, 5) is 14.8. The van der Waals surface area contributed by atoms with Crippen LogP contribution in [0.4, 0.5) is 0 Å². The minimum atomic E-state index is -0.551. The van der Waals surface area contributed by atoms with Crippen LogP contribution in [-0.4, -0.2) is 11.6 Å². The molecule has 8 saturated carbocycles. The van der Waals surface area contributed by atoms with Gasteiger partial charge in [0.05, 0.1) is 16.9 Å². The number of fused-ring (bicyclic) bond motifs is 2. The van der Waals surface area contributed by atoms with Crippen LogP contribution >= 0.6 is 0 Å². The van der Waals surface area contributed by atoms with E-state index in [-0.39, 0.29) is 54.7 Å². The first-order chi connectivity index (χ1) is 31.4. The van der Waals surface area contributed by atoms with Crippen molar-refractivity contribution in [2.45, 2.75) is 123 Å². The van der Waals surface area contributed by atoms with Crippen molar-refractivity contribution in [3.8, 4) is 17.2 Å². The number of hydrogen-bond donors (Lipinski definition) is 0. The van der Waals surface area contributed by atoms with Gasteiger partial charge < -0.3 is 4.74 Å². The zero-order valence-electron chi connectivity index (χ0n) is 38.0. The van der Waals surface area contributed by atoms with Gasteiger partial charge in [-0.1, -0.05) is 170 Å². The molecular formula is C62H57NO2. The molecule has 0 amide bonds. The Kier molecular flexibility index (Phi) is 7.00. The summed E-state index contributed by atoms with van der Waals surface area (Å²) in [6.45, 7) is 6.06. The van der Waals surface area contributed by atoms with Gasteiger partial charge in [0.25, 0.3) is 0 Å². The Morgan fingerprint density at radius 1 is 0.446 bits per heavy atom. The summed E-state index contributed by atoms with van der Waals surface area (Å²) in [5.74, 6) is 0.00102. The third-order valence-electron chi connectivity index (χ3n) is 20.7. The van der Waals surface area contributed by atoms with Gasteiger partial charge in [-0.15, -0.1) is 0 Å². The number of carbonyl (C=O) groups excluding carboxylic acids is 1. The summed E-state index contributed by atoms with van der Waals surface area (Å²) in [5, 5.41) is 11.3. The van der Waals surface area contributed by atoms with Crippen molar-refractivity contribution in [1.82, 2.24) is 0 Å². The van der Waals surface area contributed by atoms with Crippen LogP contribution in [0.2, 0.25) is 0 Å². The molecule has 65 heavy (non-hydrogen) atoms. The molecule has 14 rings (SSSR count). The lowest BCUT2D eigenvalue weighted by Gasteiger charge is -2.85. The Balaban J connectivity index is 0.863. The van der Waals surface area contributed by atoms with Gasteiger partial charge in [-0.05, 0) is 135 Å². The van der Waals surface area contributed by atoms with Crippen molar-refractivity contribution in [1.29, 1.82) is 5.26 Å². The minimum Gasteiger partial charge on any atom is -0.460 e. The van der Waals surface area contributed by atoms with Crippen LogP contribution in [0.15, 0.2) is 170 Å². The molecule has 322 valence electrons. The number of esters is 1. The number of hydrogen-bond acceptors (Lipinski definition) is 3. The van der Waals surface area contributed by atoms with Gasteiger partial charge in [0.15, 0.2) is 0 Å². The maximum Gasteiger partial charge on any atom is 0.312 e. The Bertz CT molecular complexity index is 3030. The number of nitrogens with zero attached hydrogens (tertiary/aromatic N) is 1. The van der Waals surface area contributed by atoms with Gasteiger partial charge in [0.1, 0.15) is 5.60 Å². The lowest BCUT2D eigenvalue weighted by Crippen LogP contribution is -2.84. The molecular weight excluding hydrogens is 791 g/mol. The van der Waals surface area contributed by atoms with Crippen LogP contribution in [0, 0.1) is 33.0 Å². The first-order valence-corrected chi connectivity index (χ1v) is 24.4. The van der Waals surface area contributed by atoms with Gasteiger partial charge in [-0.2, -0.15) is 5.26 Å². The molecule has 10 atom stereocenters. The lowest BCUT2D eigenvalue weighted by atomic mass is 9.17. The van der Waals surface area contributed by atoms with Crippen LogP contribution < -0.4 is 0 Å². The molecule has 6 aromatic rings. The molecule has 2 spiro atoms. The van der Waals surface area contributed by atoms with Gasteiger partial charge >= 0.3 is 5.97 Å². The number of nitriles is 1. The van der Waals surface area contributed by atoms with E-state index in [9.17, 15) is 10.1 Å². The van der Waals surface area contributed by atoms with Crippen molar-refractivity contribution in [2.24, 2.45) is 21.7 Å². The summed E-state index contributed by atoms with van der Waals surface area (Å²) in [6.07, 6.45) is 9.88. The van der Waals surface area contributed by atoms with E-state index in [0.717, 1.165) is 64.2 Å². The Labute approximate surface area is 384 Å². The maximum absolute atomic E-state index is 14.8. The molecule has 0 aromatic heterocycles. The van der Waals surface area contributed by atoms with Crippen LogP contribution in [0.3, 0.4) is 0 Å². The molecule has 0 radical (unpaired) electrons. The van der Waals surface area contributed by atoms with E-state index in [4.69, 9.17) is 4.74 Å². The van der Waals surface area contributed by atoms with E-state index in [1.807, 2.05) is 20.8 Å². The second-order valence-corrected chi connectivity index (χ2v) is 23.9. The van der Waals surface area contributed by atoms with Crippen molar-refractivity contribution in [3.63, 3.8) is 0 Å². The summed E-state index contributed by atoms with van der Waals surface area (Å²) in [6, 6.07) is 67.2. The quantitative estimate of drug-likeness (QED) is 0.143. The van der Waals surface area contributed by atoms with E-state index in [2.05, 4.69) is 176 Å². The molecule has 0 heterocycles. The highest BCUT2D eigenvalue weighted by Gasteiger charge is 2.97. The molecule has 0 aliphatic heterocycles. The zero-order chi connectivity index (χ0) is 44.0. The fraction of sp³-hybridized carbons (Fsp3) is 0.387. The SMILES string of the molecule is CC(C)(C)OC(=O)C12CC3(c4ccccc4)CC4(c5ccccc5)CC(c5ccc(-c6cccc(C78CC9(C#N)CC%10(c%11ccccc%11)CC(c%11ccccc%11)(C7)C9%10C8)c6)cc5)(C1)C34C2. The van der Waals surface area contributed by atoms with Crippen molar-refractivity contribution in [3.05, 3.63) is 203 Å². The Morgan fingerprint density at radius 2 is 0.892 bits per heavy atom. The highest BCUT2D eigenvalue weighted by Crippen LogP contribution is 2.99. The van der Waals surface area contributed by atoms with Gasteiger partial charge in [0.2, 0.25) is 0 Å². The molecule has 10 unspecified atom stereocenters. The largest absolute Gasteiger partial charge is 0.460 e. The van der Waals surface area contributed by atoms with E-state index in [1.165, 1.54) is 44.5 Å². The van der Waals surface area contributed by atoms with Crippen LogP contribution in [0.25, 0.3) is 11.1 Å². The summed E-state index contributed by atoms with van der Waals surface area (Å²) in [5.41, 5.74) is 9.06. The average Bonchev–Trinajstić information content (AvgIpc) is 3.99. The molecule has 6 aromatic carbocycles. The Hall–Kier alpha value is -5.72. The molecule has 8 aliphatic rings. The second-order valence-electron chi connectivity index (χ2n) is 23.9. The third-order valence-corrected chi connectivity index (χ3v) is 20.7. The Morgan fingerprint density at radius 3 is 1.38 bits per heavy atom. The smallest absolute Gasteiger partial charge is 0.312 e. The number of benzene rings is 6.